The number of aromatic nitrogens is 1. The summed E-state index contributed by atoms with van der Waals surface area (Å²) in [4.78, 5) is 23.4. The number of benzene rings is 2. The molecule has 8 heteroatoms. The highest BCUT2D eigenvalue weighted by molar-refractivity contribution is 5.97. The number of primary amides is 1. The SMILES string of the molecule is NC(=O)C1CCCCc2c1c1c(OCC(=O)O)cccc1n2Cc1ccc(F)cc1F. The number of nitrogens with two attached hydrogens (primary N) is 1. The molecule has 0 saturated heterocycles. The fourth-order valence-electron chi connectivity index (χ4n) is 4.43. The van der Waals surface area contributed by atoms with Crippen LogP contribution in [-0.2, 0) is 22.6 Å². The van der Waals surface area contributed by atoms with Gasteiger partial charge in [0, 0.05) is 22.7 Å². The number of aliphatic carboxylic acids is 1. The molecule has 1 aliphatic rings. The Morgan fingerprint density at radius 1 is 1.19 bits per heavy atom. The predicted molar refractivity (Wildman–Crippen MR) is 110 cm³/mol. The lowest BCUT2D eigenvalue weighted by Gasteiger charge is -2.14. The third-order valence-corrected chi connectivity index (χ3v) is 5.74. The normalized spacial score (nSPS) is 16.0. The molecule has 1 aliphatic carbocycles. The van der Waals surface area contributed by atoms with E-state index >= 15 is 0 Å². The summed E-state index contributed by atoms with van der Waals surface area (Å²) in [5.74, 6) is -3.13. The van der Waals surface area contributed by atoms with E-state index in [9.17, 15) is 18.4 Å². The minimum atomic E-state index is -1.12. The molecule has 0 spiro atoms. The number of nitrogens with zero attached hydrogens (tertiary/aromatic N) is 1. The standard InChI is InChI=1S/C23H22F2N2O4/c24-14-9-8-13(16(25)10-14)11-27-17-5-2-1-4-15(23(26)30)21(17)22-18(27)6-3-7-19(22)31-12-20(28)29/h3,6-10,15H,1-2,4-5,11-12H2,(H2,26,30)(H,28,29). The summed E-state index contributed by atoms with van der Waals surface area (Å²) in [5, 5.41) is 9.66. The van der Waals surface area contributed by atoms with Crippen LogP contribution in [0.2, 0.25) is 0 Å². The molecule has 3 N–H and O–H groups in total. The van der Waals surface area contributed by atoms with E-state index in [4.69, 9.17) is 15.6 Å². The Morgan fingerprint density at radius 2 is 2.00 bits per heavy atom. The molecule has 2 aromatic carbocycles. The lowest BCUT2D eigenvalue weighted by atomic mass is 9.92. The van der Waals surface area contributed by atoms with Crippen LogP contribution < -0.4 is 10.5 Å². The van der Waals surface area contributed by atoms with Gasteiger partial charge in [0.15, 0.2) is 6.61 Å². The number of carboxylic acid groups (broad SMARTS) is 1. The van der Waals surface area contributed by atoms with E-state index in [2.05, 4.69) is 0 Å². The molecule has 1 heterocycles. The Hall–Kier alpha value is -3.42. The number of ether oxygens (including phenoxy) is 1. The minimum Gasteiger partial charge on any atom is -0.481 e. The molecule has 31 heavy (non-hydrogen) atoms. The van der Waals surface area contributed by atoms with E-state index in [0.717, 1.165) is 24.6 Å². The van der Waals surface area contributed by atoms with Crippen molar-refractivity contribution < 1.29 is 28.2 Å². The van der Waals surface area contributed by atoms with Crippen molar-refractivity contribution in [3.63, 3.8) is 0 Å². The number of rotatable bonds is 6. The van der Waals surface area contributed by atoms with Crippen LogP contribution in [0.1, 0.15) is 42.0 Å². The van der Waals surface area contributed by atoms with Crippen LogP contribution in [0.4, 0.5) is 8.78 Å². The highest BCUT2D eigenvalue weighted by Crippen LogP contribution is 2.42. The van der Waals surface area contributed by atoms with Crippen molar-refractivity contribution in [2.75, 3.05) is 6.61 Å². The zero-order valence-corrected chi connectivity index (χ0v) is 16.7. The molecule has 0 radical (unpaired) electrons. The van der Waals surface area contributed by atoms with Gasteiger partial charge in [-0.1, -0.05) is 18.6 Å². The molecule has 0 bridgehead atoms. The summed E-state index contributed by atoms with van der Waals surface area (Å²) in [6.07, 6.45) is 2.84. The number of fused-ring (bicyclic) bond motifs is 3. The number of amides is 1. The lowest BCUT2D eigenvalue weighted by molar-refractivity contribution is -0.139. The molecular weight excluding hydrogens is 406 g/mol. The third-order valence-electron chi connectivity index (χ3n) is 5.74. The summed E-state index contributed by atoms with van der Waals surface area (Å²) in [6, 6.07) is 8.63. The second-order valence-electron chi connectivity index (χ2n) is 7.72. The largest absolute Gasteiger partial charge is 0.481 e. The monoisotopic (exact) mass is 428 g/mol. The van der Waals surface area contributed by atoms with E-state index in [1.807, 2.05) is 10.6 Å². The van der Waals surface area contributed by atoms with Gasteiger partial charge in [-0.15, -0.1) is 0 Å². The van der Waals surface area contributed by atoms with Crippen molar-refractivity contribution in [1.29, 1.82) is 0 Å². The third kappa shape index (κ3) is 3.97. The van der Waals surface area contributed by atoms with Crippen LogP contribution in [0.3, 0.4) is 0 Å². The van der Waals surface area contributed by atoms with Crippen molar-refractivity contribution in [3.05, 3.63) is 64.9 Å². The molecule has 0 saturated carbocycles. The van der Waals surface area contributed by atoms with Crippen LogP contribution in [-0.4, -0.2) is 28.2 Å². The fourth-order valence-corrected chi connectivity index (χ4v) is 4.43. The number of hydrogen-bond donors (Lipinski definition) is 2. The lowest BCUT2D eigenvalue weighted by Crippen LogP contribution is -2.21. The van der Waals surface area contributed by atoms with E-state index in [1.54, 1.807) is 12.1 Å². The minimum absolute atomic E-state index is 0.131. The molecule has 1 atom stereocenters. The first-order valence-electron chi connectivity index (χ1n) is 10.1. The number of hydrogen-bond acceptors (Lipinski definition) is 3. The number of carbonyl (C=O) groups excluding carboxylic acids is 1. The maximum atomic E-state index is 14.4. The summed E-state index contributed by atoms with van der Waals surface area (Å²) in [6.45, 7) is -0.404. The molecule has 1 unspecified atom stereocenters. The van der Waals surface area contributed by atoms with Crippen molar-refractivity contribution >= 4 is 22.8 Å². The van der Waals surface area contributed by atoms with Crippen LogP contribution in [0.15, 0.2) is 36.4 Å². The van der Waals surface area contributed by atoms with Crippen LogP contribution in [0.5, 0.6) is 5.75 Å². The topological polar surface area (TPSA) is 94.6 Å². The van der Waals surface area contributed by atoms with Crippen molar-refractivity contribution in [1.82, 2.24) is 4.57 Å². The van der Waals surface area contributed by atoms with Gasteiger partial charge in [-0.25, -0.2) is 13.6 Å². The van der Waals surface area contributed by atoms with Gasteiger partial charge < -0.3 is 20.1 Å². The second-order valence-corrected chi connectivity index (χ2v) is 7.72. The van der Waals surface area contributed by atoms with Crippen molar-refractivity contribution in [2.45, 2.75) is 38.1 Å². The van der Waals surface area contributed by atoms with Gasteiger partial charge in [0.25, 0.3) is 0 Å². The highest BCUT2D eigenvalue weighted by atomic mass is 19.1. The molecular formula is C23H22F2N2O4. The quantitative estimate of drug-likeness (QED) is 0.585. The van der Waals surface area contributed by atoms with Gasteiger partial charge in [-0.3, -0.25) is 4.79 Å². The average Bonchev–Trinajstić information content (AvgIpc) is 2.87. The molecule has 6 nitrogen and oxygen atoms in total. The molecule has 0 fully saturated rings. The first-order valence-corrected chi connectivity index (χ1v) is 10.1. The maximum Gasteiger partial charge on any atom is 0.341 e. The summed E-state index contributed by atoms with van der Waals surface area (Å²) in [5.41, 5.74) is 8.27. The number of halogens is 2. The Morgan fingerprint density at radius 3 is 2.71 bits per heavy atom. The van der Waals surface area contributed by atoms with E-state index in [1.165, 1.54) is 12.1 Å². The van der Waals surface area contributed by atoms with E-state index in [0.29, 0.717) is 40.6 Å². The summed E-state index contributed by atoms with van der Waals surface area (Å²) in [7, 11) is 0. The van der Waals surface area contributed by atoms with Crippen LogP contribution >= 0.6 is 0 Å². The number of carbonyl (C=O) groups is 2. The maximum absolute atomic E-state index is 14.4. The van der Waals surface area contributed by atoms with E-state index < -0.39 is 36.0 Å². The van der Waals surface area contributed by atoms with Gasteiger partial charge in [0.2, 0.25) is 5.91 Å². The van der Waals surface area contributed by atoms with Gasteiger partial charge in [0.1, 0.15) is 17.4 Å². The van der Waals surface area contributed by atoms with Gasteiger partial charge >= 0.3 is 5.97 Å². The molecule has 1 amide bonds. The second kappa shape index (κ2) is 8.37. The number of carboxylic acids is 1. The van der Waals surface area contributed by atoms with Crippen LogP contribution in [0.25, 0.3) is 10.9 Å². The average molecular weight is 428 g/mol. The Bertz CT molecular complexity index is 1170. The predicted octanol–water partition coefficient (Wildman–Crippen LogP) is 3.73. The Kier molecular flexibility index (Phi) is 5.63. The first-order chi connectivity index (χ1) is 14.9. The molecule has 3 aromatic rings. The van der Waals surface area contributed by atoms with E-state index in [-0.39, 0.29) is 6.54 Å². The van der Waals surface area contributed by atoms with Crippen molar-refractivity contribution in [3.8, 4) is 5.75 Å². The Balaban J connectivity index is 1.95. The molecule has 162 valence electrons. The van der Waals surface area contributed by atoms with Gasteiger partial charge in [-0.2, -0.15) is 0 Å². The fraction of sp³-hybridized carbons (Fsp3) is 0.304. The zero-order valence-electron chi connectivity index (χ0n) is 16.7. The molecule has 1 aromatic heterocycles. The Labute approximate surface area is 177 Å². The molecule has 4 rings (SSSR count). The van der Waals surface area contributed by atoms with Crippen molar-refractivity contribution in [2.24, 2.45) is 5.73 Å². The van der Waals surface area contributed by atoms with Crippen LogP contribution in [0, 0.1) is 11.6 Å². The van der Waals surface area contributed by atoms with Gasteiger partial charge in [0.05, 0.1) is 18.0 Å². The summed E-state index contributed by atoms with van der Waals surface area (Å²) >= 11 is 0. The smallest absolute Gasteiger partial charge is 0.341 e. The zero-order chi connectivity index (χ0) is 22.1. The summed E-state index contributed by atoms with van der Waals surface area (Å²) < 4.78 is 35.2. The molecule has 0 aliphatic heterocycles. The first kappa shape index (κ1) is 20.8. The highest BCUT2D eigenvalue weighted by Gasteiger charge is 2.31. The van der Waals surface area contributed by atoms with Gasteiger partial charge in [-0.05, 0) is 43.0 Å².